The van der Waals surface area contributed by atoms with Crippen LogP contribution in [0.15, 0.2) is 0 Å². The molecule has 2 atom stereocenters. The Labute approximate surface area is 95.4 Å². The summed E-state index contributed by atoms with van der Waals surface area (Å²) in [5, 5.41) is 19.9. The molecule has 0 aromatic carbocycles. The molecule has 0 spiro atoms. The minimum atomic E-state index is -1.10. The molecule has 0 heterocycles. The second-order valence-corrected chi connectivity index (χ2v) is 4.32. The number of carboxylic acid groups (broad SMARTS) is 1. The Kier molecular flexibility index (Phi) is 6.16. The fourth-order valence-corrected chi connectivity index (χ4v) is 1.31. The normalized spacial score (nSPS) is 13.9. The maximum atomic E-state index is 11.4. The van der Waals surface area contributed by atoms with E-state index in [2.05, 4.69) is 5.32 Å². The van der Waals surface area contributed by atoms with Crippen molar-refractivity contribution in [1.82, 2.24) is 5.32 Å². The lowest BCUT2D eigenvalue weighted by Gasteiger charge is -2.19. The molecule has 90 valence electrons. The van der Waals surface area contributed by atoms with Gasteiger partial charge in [-0.25, -0.2) is 4.79 Å². The highest BCUT2D eigenvalue weighted by Crippen LogP contribution is 2.09. The first-order chi connectivity index (χ1) is 7.38. The lowest BCUT2D eigenvalue weighted by Crippen LogP contribution is -2.45. The van der Waals surface area contributed by atoms with E-state index in [9.17, 15) is 9.59 Å². The van der Waals surface area contributed by atoms with Crippen LogP contribution in [0.2, 0.25) is 0 Å². The van der Waals surface area contributed by atoms with Gasteiger partial charge in [-0.05, 0) is 5.92 Å². The van der Waals surface area contributed by atoms with E-state index in [1.807, 2.05) is 19.9 Å². The van der Waals surface area contributed by atoms with Gasteiger partial charge in [-0.3, -0.25) is 4.79 Å². The number of hydrogen-bond acceptors (Lipinski definition) is 3. The van der Waals surface area contributed by atoms with E-state index in [1.165, 1.54) is 0 Å². The standard InChI is InChI=1S/C11H18N2O3/c1-7(2)6-9(14)13-10(11(15)16)8(3)4-5-12/h7-8,10H,4,6H2,1-3H3,(H,13,14)(H,15,16)/t8-,10+/m0/s1. The van der Waals surface area contributed by atoms with E-state index < -0.39 is 17.9 Å². The van der Waals surface area contributed by atoms with Crippen LogP contribution in [0, 0.1) is 23.2 Å². The third-order valence-electron chi connectivity index (χ3n) is 2.16. The van der Waals surface area contributed by atoms with E-state index in [0.29, 0.717) is 6.42 Å². The number of amides is 1. The summed E-state index contributed by atoms with van der Waals surface area (Å²) >= 11 is 0. The Morgan fingerprint density at radius 1 is 1.38 bits per heavy atom. The Morgan fingerprint density at radius 3 is 2.31 bits per heavy atom. The minimum Gasteiger partial charge on any atom is -0.480 e. The van der Waals surface area contributed by atoms with E-state index in [4.69, 9.17) is 10.4 Å². The van der Waals surface area contributed by atoms with Gasteiger partial charge in [-0.2, -0.15) is 5.26 Å². The van der Waals surface area contributed by atoms with Crippen molar-refractivity contribution in [2.75, 3.05) is 0 Å². The van der Waals surface area contributed by atoms with Crippen molar-refractivity contribution in [3.05, 3.63) is 0 Å². The molecule has 0 aliphatic heterocycles. The third kappa shape index (κ3) is 5.35. The van der Waals surface area contributed by atoms with Gasteiger partial charge in [-0.15, -0.1) is 0 Å². The van der Waals surface area contributed by atoms with E-state index in [0.717, 1.165) is 0 Å². The summed E-state index contributed by atoms with van der Waals surface area (Å²) < 4.78 is 0. The lowest BCUT2D eigenvalue weighted by molar-refractivity contribution is -0.143. The quantitative estimate of drug-likeness (QED) is 0.710. The van der Waals surface area contributed by atoms with Crippen LogP contribution >= 0.6 is 0 Å². The van der Waals surface area contributed by atoms with Gasteiger partial charge in [-0.1, -0.05) is 20.8 Å². The molecule has 0 unspecified atom stereocenters. The monoisotopic (exact) mass is 226 g/mol. The van der Waals surface area contributed by atoms with Crippen molar-refractivity contribution in [2.24, 2.45) is 11.8 Å². The summed E-state index contributed by atoms with van der Waals surface area (Å²) in [5.74, 6) is -1.59. The van der Waals surface area contributed by atoms with Crippen molar-refractivity contribution >= 4 is 11.9 Å². The summed E-state index contributed by atoms with van der Waals surface area (Å²) in [4.78, 5) is 22.3. The first kappa shape index (κ1) is 14.4. The van der Waals surface area contributed by atoms with Gasteiger partial charge < -0.3 is 10.4 Å². The predicted octanol–water partition coefficient (Wildman–Crippen LogP) is 1.15. The zero-order chi connectivity index (χ0) is 12.7. The van der Waals surface area contributed by atoms with Crippen LogP contribution in [0.25, 0.3) is 0 Å². The molecule has 0 aromatic rings. The predicted molar refractivity (Wildman–Crippen MR) is 58.4 cm³/mol. The van der Waals surface area contributed by atoms with Crippen LogP contribution in [-0.2, 0) is 9.59 Å². The Balaban J connectivity index is 4.40. The molecule has 0 radical (unpaired) electrons. The number of nitriles is 1. The average molecular weight is 226 g/mol. The van der Waals surface area contributed by atoms with Gasteiger partial charge in [0.05, 0.1) is 6.07 Å². The van der Waals surface area contributed by atoms with Crippen molar-refractivity contribution in [2.45, 2.75) is 39.7 Å². The highest BCUT2D eigenvalue weighted by molar-refractivity contribution is 5.83. The number of carboxylic acids is 1. The highest BCUT2D eigenvalue weighted by Gasteiger charge is 2.26. The molecule has 0 aliphatic carbocycles. The zero-order valence-electron chi connectivity index (χ0n) is 9.86. The minimum absolute atomic E-state index is 0.110. The molecule has 1 amide bonds. The van der Waals surface area contributed by atoms with Crippen molar-refractivity contribution in [3.8, 4) is 6.07 Å². The smallest absolute Gasteiger partial charge is 0.326 e. The summed E-state index contributed by atoms with van der Waals surface area (Å²) in [7, 11) is 0. The Morgan fingerprint density at radius 2 is 1.94 bits per heavy atom. The number of carbonyl (C=O) groups is 2. The first-order valence-electron chi connectivity index (χ1n) is 5.27. The first-order valence-corrected chi connectivity index (χ1v) is 5.27. The maximum absolute atomic E-state index is 11.4. The van der Waals surface area contributed by atoms with Gasteiger partial charge in [0.2, 0.25) is 5.91 Å². The number of aliphatic carboxylic acids is 1. The molecule has 5 nitrogen and oxygen atoms in total. The van der Waals surface area contributed by atoms with Gasteiger partial charge >= 0.3 is 5.97 Å². The number of nitrogens with zero attached hydrogens (tertiary/aromatic N) is 1. The fraction of sp³-hybridized carbons (Fsp3) is 0.727. The average Bonchev–Trinajstić information content (AvgIpc) is 2.12. The van der Waals surface area contributed by atoms with Crippen LogP contribution in [0.5, 0.6) is 0 Å². The fourth-order valence-electron chi connectivity index (χ4n) is 1.31. The van der Waals surface area contributed by atoms with Gasteiger partial charge in [0.25, 0.3) is 0 Å². The summed E-state index contributed by atoms with van der Waals surface area (Å²) in [6.07, 6.45) is 0.405. The molecule has 0 saturated carbocycles. The van der Waals surface area contributed by atoms with Gasteiger partial charge in [0.15, 0.2) is 0 Å². The van der Waals surface area contributed by atoms with Crippen LogP contribution in [0.4, 0.5) is 0 Å². The number of nitrogens with one attached hydrogen (secondary N) is 1. The van der Waals surface area contributed by atoms with Crippen LogP contribution in [0.1, 0.15) is 33.6 Å². The van der Waals surface area contributed by atoms with E-state index >= 15 is 0 Å². The second-order valence-electron chi connectivity index (χ2n) is 4.32. The highest BCUT2D eigenvalue weighted by atomic mass is 16.4. The summed E-state index contributed by atoms with van der Waals surface area (Å²) in [6, 6.07) is 0.922. The Bertz CT molecular complexity index is 294. The number of rotatable bonds is 6. The molecule has 0 saturated heterocycles. The molecule has 0 aromatic heterocycles. The largest absolute Gasteiger partial charge is 0.480 e. The van der Waals surface area contributed by atoms with Crippen molar-refractivity contribution in [3.63, 3.8) is 0 Å². The maximum Gasteiger partial charge on any atom is 0.326 e. The van der Waals surface area contributed by atoms with Crippen LogP contribution < -0.4 is 5.32 Å². The molecule has 0 fully saturated rings. The van der Waals surface area contributed by atoms with Gasteiger partial charge in [0, 0.05) is 18.8 Å². The van der Waals surface area contributed by atoms with Crippen LogP contribution in [0.3, 0.4) is 0 Å². The SMILES string of the molecule is CC(C)CC(=O)N[C@@H](C(=O)O)[C@@H](C)CC#N. The van der Waals surface area contributed by atoms with Gasteiger partial charge in [0.1, 0.15) is 6.04 Å². The molecule has 0 aliphatic rings. The lowest BCUT2D eigenvalue weighted by atomic mass is 9.98. The van der Waals surface area contributed by atoms with Crippen molar-refractivity contribution < 1.29 is 14.7 Å². The van der Waals surface area contributed by atoms with E-state index in [-0.39, 0.29) is 18.2 Å². The van der Waals surface area contributed by atoms with E-state index in [1.54, 1.807) is 6.92 Å². The molecule has 0 rings (SSSR count). The second kappa shape index (κ2) is 6.83. The molecule has 5 heteroatoms. The molecular formula is C11H18N2O3. The van der Waals surface area contributed by atoms with Crippen molar-refractivity contribution in [1.29, 1.82) is 5.26 Å². The Hall–Kier alpha value is -1.57. The number of hydrogen-bond donors (Lipinski definition) is 2. The van der Waals surface area contributed by atoms with Crippen LogP contribution in [-0.4, -0.2) is 23.0 Å². The molecule has 0 bridgehead atoms. The molecule has 2 N–H and O–H groups in total. The third-order valence-corrected chi connectivity index (χ3v) is 2.16. The zero-order valence-corrected chi connectivity index (χ0v) is 9.86. The molecule has 16 heavy (non-hydrogen) atoms. The molecular weight excluding hydrogens is 208 g/mol. The number of carbonyl (C=O) groups excluding carboxylic acids is 1. The summed E-state index contributed by atoms with van der Waals surface area (Å²) in [6.45, 7) is 5.40. The topological polar surface area (TPSA) is 90.2 Å². The summed E-state index contributed by atoms with van der Waals surface area (Å²) in [5.41, 5.74) is 0.